The standard InChI is InChI=1S/C16H12Cl2N2/c1-11-4-2-3-5-14(11)12-9-19-20(10-12)16-7-6-13(17)8-15(16)18/h2-10H,1H3. The molecule has 0 N–H and O–H groups in total. The van der Waals surface area contributed by atoms with E-state index in [9.17, 15) is 0 Å². The number of aromatic nitrogens is 2. The molecule has 4 heteroatoms. The van der Waals surface area contributed by atoms with Gasteiger partial charge in [-0.15, -0.1) is 0 Å². The van der Waals surface area contributed by atoms with Crippen molar-refractivity contribution in [1.82, 2.24) is 9.78 Å². The summed E-state index contributed by atoms with van der Waals surface area (Å²) in [7, 11) is 0. The Bertz CT molecular complexity index is 763. The predicted molar refractivity (Wildman–Crippen MR) is 83.8 cm³/mol. The van der Waals surface area contributed by atoms with Crippen molar-refractivity contribution < 1.29 is 0 Å². The van der Waals surface area contributed by atoms with E-state index in [1.165, 1.54) is 11.1 Å². The molecule has 0 fully saturated rings. The van der Waals surface area contributed by atoms with E-state index in [0.29, 0.717) is 10.0 Å². The maximum absolute atomic E-state index is 6.21. The maximum atomic E-state index is 6.21. The zero-order valence-electron chi connectivity index (χ0n) is 10.8. The second kappa shape index (κ2) is 5.31. The number of aryl methyl sites for hydroxylation is 1. The van der Waals surface area contributed by atoms with Gasteiger partial charge in [-0.3, -0.25) is 0 Å². The molecule has 0 spiro atoms. The third kappa shape index (κ3) is 2.45. The second-order valence-corrected chi connectivity index (χ2v) is 5.43. The molecular formula is C16H12Cl2N2. The minimum absolute atomic E-state index is 0.580. The molecule has 0 amide bonds. The third-order valence-electron chi connectivity index (χ3n) is 3.20. The molecule has 0 saturated carbocycles. The first-order valence-electron chi connectivity index (χ1n) is 6.21. The Kier molecular flexibility index (Phi) is 3.51. The van der Waals surface area contributed by atoms with Crippen LogP contribution in [0.15, 0.2) is 54.9 Å². The van der Waals surface area contributed by atoms with E-state index in [0.717, 1.165) is 11.3 Å². The van der Waals surface area contributed by atoms with Crippen molar-refractivity contribution in [2.24, 2.45) is 0 Å². The van der Waals surface area contributed by atoms with E-state index in [-0.39, 0.29) is 0 Å². The summed E-state index contributed by atoms with van der Waals surface area (Å²) < 4.78 is 1.76. The normalized spacial score (nSPS) is 10.8. The molecule has 20 heavy (non-hydrogen) atoms. The fourth-order valence-electron chi connectivity index (χ4n) is 2.16. The van der Waals surface area contributed by atoms with E-state index >= 15 is 0 Å². The van der Waals surface area contributed by atoms with Crippen LogP contribution in [0.3, 0.4) is 0 Å². The van der Waals surface area contributed by atoms with Gasteiger partial charge in [0.25, 0.3) is 0 Å². The first kappa shape index (κ1) is 13.2. The molecule has 0 aliphatic carbocycles. The Morgan fingerprint density at radius 3 is 2.60 bits per heavy atom. The van der Waals surface area contributed by atoms with Crippen LogP contribution >= 0.6 is 23.2 Å². The molecule has 0 aliphatic heterocycles. The van der Waals surface area contributed by atoms with Crippen LogP contribution in [0, 0.1) is 6.92 Å². The Morgan fingerprint density at radius 2 is 1.85 bits per heavy atom. The van der Waals surface area contributed by atoms with Crippen LogP contribution in [0.4, 0.5) is 0 Å². The van der Waals surface area contributed by atoms with Crippen LogP contribution in [0.1, 0.15) is 5.56 Å². The van der Waals surface area contributed by atoms with E-state index in [1.54, 1.807) is 16.8 Å². The summed E-state index contributed by atoms with van der Waals surface area (Å²) in [6.45, 7) is 2.09. The van der Waals surface area contributed by atoms with Gasteiger partial charge in [0.1, 0.15) is 0 Å². The van der Waals surface area contributed by atoms with Crippen molar-refractivity contribution in [3.05, 3.63) is 70.5 Å². The van der Waals surface area contributed by atoms with Crippen molar-refractivity contribution in [2.75, 3.05) is 0 Å². The van der Waals surface area contributed by atoms with E-state index < -0.39 is 0 Å². The summed E-state index contributed by atoms with van der Waals surface area (Å²) in [5.41, 5.74) is 4.27. The smallest absolute Gasteiger partial charge is 0.0833 e. The van der Waals surface area contributed by atoms with Crippen LogP contribution in [0.25, 0.3) is 16.8 Å². The molecule has 2 aromatic carbocycles. The Hall–Kier alpha value is -1.77. The summed E-state index contributed by atoms with van der Waals surface area (Å²) >= 11 is 12.1. The fraction of sp³-hybridized carbons (Fsp3) is 0.0625. The van der Waals surface area contributed by atoms with Crippen LogP contribution in [0.2, 0.25) is 10.0 Å². The van der Waals surface area contributed by atoms with Gasteiger partial charge in [-0.25, -0.2) is 4.68 Å². The lowest BCUT2D eigenvalue weighted by Crippen LogP contribution is -1.94. The summed E-state index contributed by atoms with van der Waals surface area (Å²) in [6, 6.07) is 13.6. The molecule has 0 atom stereocenters. The number of nitrogens with zero attached hydrogens (tertiary/aromatic N) is 2. The van der Waals surface area contributed by atoms with Gasteiger partial charge < -0.3 is 0 Å². The predicted octanol–water partition coefficient (Wildman–Crippen LogP) is 5.15. The van der Waals surface area contributed by atoms with Crippen LogP contribution < -0.4 is 0 Å². The number of halogens is 2. The lowest BCUT2D eigenvalue weighted by molar-refractivity contribution is 0.881. The topological polar surface area (TPSA) is 17.8 Å². The zero-order chi connectivity index (χ0) is 14.1. The van der Waals surface area contributed by atoms with Crippen molar-refractivity contribution in [2.45, 2.75) is 6.92 Å². The van der Waals surface area contributed by atoms with E-state index in [2.05, 4.69) is 24.2 Å². The molecule has 3 rings (SSSR count). The average molecular weight is 303 g/mol. The minimum Gasteiger partial charge on any atom is -0.239 e. The Labute approximate surface area is 127 Å². The summed E-state index contributed by atoms with van der Waals surface area (Å²) in [5.74, 6) is 0. The first-order chi connectivity index (χ1) is 9.65. The number of rotatable bonds is 2. The minimum atomic E-state index is 0.580. The highest BCUT2D eigenvalue weighted by Crippen LogP contribution is 2.27. The molecular weight excluding hydrogens is 291 g/mol. The molecule has 3 aromatic rings. The van der Waals surface area contributed by atoms with Gasteiger partial charge in [0, 0.05) is 16.8 Å². The molecule has 100 valence electrons. The molecule has 1 aromatic heterocycles. The average Bonchev–Trinajstić information content (AvgIpc) is 2.88. The largest absolute Gasteiger partial charge is 0.239 e. The molecule has 0 radical (unpaired) electrons. The summed E-state index contributed by atoms with van der Waals surface area (Å²) in [5, 5.41) is 5.58. The lowest BCUT2D eigenvalue weighted by atomic mass is 10.0. The number of benzene rings is 2. The van der Waals surface area contributed by atoms with Gasteiger partial charge in [-0.1, -0.05) is 47.5 Å². The van der Waals surface area contributed by atoms with Gasteiger partial charge in [-0.05, 0) is 36.2 Å². The highest BCUT2D eigenvalue weighted by atomic mass is 35.5. The van der Waals surface area contributed by atoms with Gasteiger partial charge in [0.15, 0.2) is 0 Å². The summed E-state index contributed by atoms with van der Waals surface area (Å²) in [4.78, 5) is 0. The highest BCUT2D eigenvalue weighted by Gasteiger charge is 2.08. The fourth-order valence-corrected chi connectivity index (χ4v) is 2.65. The first-order valence-corrected chi connectivity index (χ1v) is 6.97. The SMILES string of the molecule is Cc1ccccc1-c1cnn(-c2ccc(Cl)cc2Cl)c1. The van der Waals surface area contributed by atoms with E-state index in [4.69, 9.17) is 23.2 Å². The molecule has 0 saturated heterocycles. The number of hydrogen-bond acceptors (Lipinski definition) is 1. The zero-order valence-corrected chi connectivity index (χ0v) is 12.4. The highest BCUT2D eigenvalue weighted by molar-refractivity contribution is 6.35. The van der Waals surface area contributed by atoms with Crippen molar-refractivity contribution in [3.63, 3.8) is 0 Å². The van der Waals surface area contributed by atoms with Crippen LogP contribution in [-0.4, -0.2) is 9.78 Å². The Morgan fingerprint density at radius 1 is 1.05 bits per heavy atom. The molecule has 1 heterocycles. The van der Waals surface area contributed by atoms with Crippen LogP contribution in [-0.2, 0) is 0 Å². The molecule has 0 unspecified atom stereocenters. The monoisotopic (exact) mass is 302 g/mol. The van der Waals surface area contributed by atoms with Gasteiger partial charge in [-0.2, -0.15) is 5.10 Å². The second-order valence-electron chi connectivity index (χ2n) is 4.58. The summed E-state index contributed by atoms with van der Waals surface area (Å²) in [6.07, 6.45) is 3.81. The van der Waals surface area contributed by atoms with E-state index in [1.807, 2.05) is 30.6 Å². The van der Waals surface area contributed by atoms with Crippen molar-refractivity contribution >= 4 is 23.2 Å². The lowest BCUT2D eigenvalue weighted by Gasteiger charge is -2.04. The number of hydrogen-bond donors (Lipinski definition) is 0. The maximum Gasteiger partial charge on any atom is 0.0833 e. The van der Waals surface area contributed by atoms with Crippen LogP contribution in [0.5, 0.6) is 0 Å². The van der Waals surface area contributed by atoms with Gasteiger partial charge in [0.05, 0.1) is 16.9 Å². The Balaban J connectivity index is 2.04. The van der Waals surface area contributed by atoms with Crippen molar-refractivity contribution in [1.29, 1.82) is 0 Å². The molecule has 2 nitrogen and oxygen atoms in total. The van der Waals surface area contributed by atoms with Gasteiger partial charge in [0.2, 0.25) is 0 Å². The third-order valence-corrected chi connectivity index (χ3v) is 3.73. The van der Waals surface area contributed by atoms with Gasteiger partial charge >= 0.3 is 0 Å². The quantitative estimate of drug-likeness (QED) is 0.640. The van der Waals surface area contributed by atoms with Crippen molar-refractivity contribution in [3.8, 4) is 16.8 Å². The molecule has 0 bridgehead atoms. The molecule has 0 aliphatic rings.